The van der Waals surface area contributed by atoms with Gasteiger partial charge in [0.05, 0.1) is 5.69 Å². The van der Waals surface area contributed by atoms with Crippen LogP contribution in [0.1, 0.15) is 23.6 Å². The van der Waals surface area contributed by atoms with E-state index in [2.05, 4.69) is 30.2 Å². The van der Waals surface area contributed by atoms with Gasteiger partial charge in [-0.05, 0) is 42.8 Å². The molecule has 0 saturated carbocycles. The number of benzene rings is 1. The molecule has 2 aromatic heterocycles. The van der Waals surface area contributed by atoms with Crippen molar-refractivity contribution in [3.63, 3.8) is 0 Å². The van der Waals surface area contributed by atoms with E-state index in [1.807, 2.05) is 18.2 Å². The molecule has 4 rings (SSSR count). The highest BCUT2D eigenvalue weighted by molar-refractivity contribution is 5.41. The third kappa shape index (κ3) is 4.00. The van der Waals surface area contributed by atoms with Crippen molar-refractivity contribution in [1.29, 1.82) is 0 Å². The van der Waals surface area contributed by atoms with Gasteiger partial charge in [0.25, 0.3) is 0 Å². The summed E-state index contributed by atoms with van der Waals surface area (Å²) < 4.78 is 13.0. The Hall–Kier alpha value is -2.93. The summed E-state index contributed by atoms with van der Waals surface area (Å²) in [6.45, 7) is 2.75. The predicted octanol–water partition coefficient (Wildman–Crippen LogP) is 3.14. The van der Waals surface area contributed by atoms with Crippen LogP contribution in [0.2, 0.25) is 0 Å². The van der Waals surface area contributed by atoms with Crippen molar-refractivity contribution in [3.05, 3.63) is 72.1 Å². The predicted molar refractivity (Wildman–Crippen MR) is 96.4 cm³/mol. The lowest BCUT2D eigenvalue weighted by Crippen LogP contribution is -2.20. The monoisotopic (exact) mass is 350 g/mol. The van der Waals surface area contributed by atoms with Gasteiger partial charge in [-0.2, -0.15) is 0 Å². The molecule has 0 unspecified atom stereocenters. The maximum atomic E-state index is 13.0. The SMILES string of the molecule is Fc1ccc(CN2CC[C@H](c3ccnc(Nc4ncccn4)n3)C2)cc1. The van der Waals surface area contributed by atoms with E-state index < -0.39 is 0 Å². The zero-order chi connectivity index (χ0) is 17.8. The number of likely N-dealkylation sites (tertiary alicyclic amines) is 1. The molecular formula is C19H19FN6. The Morgan fingerprint density at radius 2 is 1.77 bits per heavy atom. The minimum absolute atomic E-state index is 0.198. The molecule has 1 atom stereocenters. The summed E-state index contributed by atoms with van der Waals surface area (Å²) in [6, 6.07) is 10.4. The van der Waals surface area contributed by atoms with E-state index in [0.717, 1.165) is 37.3 Å². The van der Waals surface area contributed by atoms with Gasteiger partial charge in [0.2, 0.25) is 11.9 Å². The van der Waals surface area contributed by atoms with Crippen LogP contribution in [0, 0.1) is 5.82 Å². The third-order valence-electron chi connectivity index (χ3n) is 4.48. The zero-order valence-corrected chi connectivity index (χ0v) is 14.2. The van der Waals surface area contributed by atoms with E-state index in [0.29, 0.717) is 17.8 Å². The molecule has 3 heterocycles. The van der Waals surface area contributed by atoms with Crippen molar-refractivity contribution < 1.29 is 4.39 Å². The minimum Gasteiger partial charge on any atom is -0.298 e. The van der Waals surface area contributed by atoms with Crippen LogP contribution < -0.4 is 5.32 Å². The maximum absolute atomic E-state index is 13.0. The number of halogens is 1. The second-order valence-corrected chi connectivity index (χ2v) is 6.35. The Bertz CT molecular complexity index is 855. The number of anilines is 2. The number of nitrogens with zero attached hydrogens (tertiary/aromatic N) is 5. The van der Waals surface area contributed by atoms with Crippen LogP contribution in [-0.2, 0) is 6.54 Å². The van der Waals surface area contributed by atoms with Gasteiger partial charge in [-0.25, -0.2) is 24.3 Å². The molecule has 0 aliphatic carbocycles. The summed E-state index contributed by atoms with van der Waals surface area (Å²) >= 11 is 0. The summed E-state index contributed by atoms with van der Waals surface area (Å²) in [4.78, 5) is 19.5. The first kappa shape index (κ1) is 16.5. The van der Waals surface area contributed by atoms with E-state index in [9.17, 15) is 4.39 Å². The molecule has 0 spiro atoms. The fraction of sp³-hybridized carbons (Fsp3) is 0.263. The topological polar surface area (TPSA) is 66.8 Å². The average molecular weight is 350 g/mol. The van der Waals surface area contributed by atoms with Crippen molar-refractivity contribution in [2.75, 3.05) is 18.4 Å². The van der Waals surface area contributed by atoms with Crippen LogP contribution in [0.4, 0.5) is 16.3 Å². The second kappa shape index (κ2) is 7.53. The third-order valence-corrected chi connectivity index (χ3v) is 4.48. The Morgan fingerprint density at radius 3 is 2.58 bits per heavy atom. The molecule has 1 fully saturated rings. The first-order valence-electron chi connectivity index (χ1n) is 8.60. The number of rotatable bonds is 5. The van der Waals surface area contributed by atoms with Crippen molar-refractivity contribution in [2.45, 2.75) is 18.9 Å². The first-order chi connectivity index (χ1) is 12.8. The Labute approximate surface area is 151 Å². The Kier molecular flexibility index (Phi) is 4.79. The highest BCUT2D eigenvalue weighted by Gasteiger charge is 2.25. The van der Waals surface area contributed by atoms with Crippen LogP contribution in [0.5, 0.6) is 0 Å². The molecular weight excluding hydrogens is 331 g/mol. The van der Waals surface area contributed by atoms with Gasteiger partial charge < -0.3 is 0 Å². The van der Waals surface area contributed by atoms with Gasteiger partial charge in [0.1, 0.15) is 5.82 Å². The fourth-order valence-corrected chi connectivity index (χ4v) is 3.19. The number of hydrogen-bond acceptors (Lipinski definition) is 6. The smallest absolute Gasteiger partial charge is 0.229 e. The Morgan fingerprint density at radius 1 is 1.00 bits per heavy atom. The second-order valence-electron chi connectivity index (χ2n) is 6.35. The van der Waals surface area contributed by atoms with Crippen LogP contribution in [0.15, 0.2) is 55.0 Å². The molecule has 1 aromatic carbocycles. The zero-order valence-electron chi connectivity index (χ0n) is 14.2. The van der Waals surface area contributed by atoms with Crippen molar-refractivity contribution in [2.24, 2.45) is 0 Å². The van der Waals surface area contributed by atoms with Gasteiger partial charge in [0.15, 0.2) is 0 Å². The fourth-order valence-electron chi connectivity index (χ4n) is 3.19. The minimum atomic E-state index is -0.198. The van der Waals surface area contributed by atoms with Gasteiger partial charge >= 0.3 is 0 Å². The molecule has 0 amide bonds. The number of hydrogen-bond donors (Lipinski definition) is 1. The standard InChI is InChI=1S/C19H19FN6/c20-16-4-2-14(3-5-16)12-26-11-7-15(13-26)17-6-10-23-19(24-17)25-18-21-8-1-9-22-18/h1-6,8-10,15H,7,11-13H2,(H,21,22,23,24,25)/t15-/m0/s1. The lowest BCUT2D eigenvalue weighted by atomic mass is 10.1. The number of aromatic nitrogens is 4. The summed E-state index contributed by atoms with van der Waals surface area (Å²) in [6.07, 6.45) is 6.14. The molecule has 6 nitrogen and oxygen atoms in total. The van der Waals surface area contributed by atoms with Gasteiger partial charge in [0, 0.05) is 37.6 Å². The van der Waals surface area contributed by atoms with E-state index >= 15 is 0 Å². The van der Waals surface area contributed by atoms with E-state index in [4.69, 9.17) is 0 Å². The van der Waals surface area contributed by atoms with Crippen molar-refractivity contribution >= 4 is 11.9 Å². The summed E-state index contributed by atoms with van der Waals surface area (Å²) in [5, 5.41) is 3.03. The molecule has 0 radical (unpaired) electrons. The van der Waals surface area contributed by atoms with Crippen molar-refractivity contribution in [1.82, 2.24) is 24.8 Å². The van der Waals surface area contributed by atoms with Crippen molar-refractivity contribution in [3.8, 4) is 0 Å². The largest absolute Gasteiger partial charge is 0.298 e. The van der Waals surface area contributed by atoms with Crippen LogP contribution in [-0.4, -0.2) is 37.9 Å². The van der Waals surface area contributed by atoms with Crippen LogP contribution in [0.3, 0.4) is 0 Å². The van der Waals surface area contributed by atoms with E-state index in [1.165, 1.54) is 12.1 Å². The lowest BCUT2D eigenvalue weighted by Gasteiger charge is -2.16. The normalized spacial score (nSPS) is 17.3. The average Bonchev–Trinajstić information content (AvgIpc) is 3.13. The van der Waals surface area contributed by atoms with E-state index in [1.54, 1.807) is 24.7 Å². The summed E-state index contributed by atoms with van der Waals surface area (Å²) in [5.74, 6) is 1.15. The number of nitrogens with one attached hydrogen (secondary N) is 1. The van der Waals surface area contributed by atoms with Crippen LogP contribution in [0.25, 0.3) is 0 Å². The summed E-state index contributed by atoms with van der Waals surface area (Å²) in [7, 11) is 0. The molecule has 1 aliphatic rings. The maximum Gasteiger partial charge on any atom is 0.229 e. The summed E-state index contributed by atoms with van der Waals surface area (Å²) in [5.41, 5.74) is 2.14. The molecule has 1 aliphatic heterocycles. The highest BCUT2D eigenvalue weighted by Crippen LogP contribution is 2.27. The molecule has 1 saturated heterocycles. The highest BCUT2D eigenvalue weighted by atomic mass is 19.1. The molecule has 3 aromatic rings. The molecule has 7 heteroatoms. The van der Waals surface area contributed by atoms with E-state index in [-0.39, 0.29) is 5.82 Å². The molecule has 0 bridgehead atoms. The Balaban J connectivity index is 1.40. The molecule has 1 N–H and O–H groups in total. The van der Waals surface area contributed by atoms with Gasteiger partial charge in [-0.1, -0.05) is 12.1 Å². The molecule has 26 heavy (non-hydrogen) atoms. The van der Waals surface area contributed by atoms with Gasteiger partial charge in [-0.15, -0.1) is 0 Å². The van der Waals surface area contributed by atoms with Gasteiger partial charge in [-0.3, -0.25) is 10.2 Å². The lowest BCUT2D eigenvalue weighted by molar-refractivity contribution is 0.326. The van der Waals surface area contributed by atoms with Crippen LogP contribution >= 0.6 is 0 Å². The first-order valence-corrected chi connectivity index (χ1v) is 8.60. The molecule has 132 valence electrons. The quantitative estimate of drug-likeness (QED) is 0.762.